The number of hydrogen-bond acceptors (Lipinski definition) is 4. The minimum Gasteiger partial charge on any atom is -0.350 e. The van der Waals surface area contributed by atoms with Crippen LogP contribution in [-0.2, 0) is 32.3 Å². The van der Waals surface area contributed by atoms with Crippen molar-refractivity contribution in [2.45, 2.75) is 58.9 Å². The predicted octanol–water partition coefficient (Wildman–Crippen LogP) is 4.11. The summed E-state index contributed by atoms with van der Waals surface area (Å²) in [6, 6.07) is 10.0. The topological polar surface area (TPSA) is 86.8 Å². The number of amides is 2. The number of halogens is 3. The quantitative estimate of drug-likeness (QED) is 0.560. The van der Waals surface area contributed by atoms with E-state index in [4.69, 9.17) is 0 Å². The molecule has 0 spiro atoms. The summed E-state index contributed by atoms with van der Waals surface area (Å²) in [5.41, 5.74) is -0.239. The van der Waals surface area contributed by atoms with Gasteiger partial charge < -0.3 is 10.2 Å². The van der Waals surface area contributed by atoms with Crippen LogP contribution in [0.25, 0.3) is 0 Å². The zero-order valence-electron chi connectivity index (χ0n) is 21.2. The van der Waals surface area contributed by atoms with Crippen molar-refractivity contribution in [3.05, 3.63) is 65.2 Å². The van der Waals surface area contributed by atoms with Crippen molar-refractivity contribution in [2.75, 3.05) is 17.1 Å². The van der Waals surface area contributed by atoms with Gasteiger partial charge >= 0.3 is 6.18 Å². The number of benzene rings is 2. The number of nitrogens with zero attached hydrogens (tertiary/aromatic N) is 2. The van der Waals surface area contributed by atoms with Gasteiger partial charge in [0.05, 0.1) is 17.5 Å². The highest BCUT2D eigenvalue weighted by molar-refractivity contribution is 7.92. The Morgan fingerprint density at radius 3 is 2.11 bits per heavy atom. The standard InChI is InChI=1S/C25H32F3N3O4S/c1-17-10-12-19(13-11-17)15-30(18(2)23(33)29-24(3,4)5)22(32)16-31(36(6,34)35)21-9-7-8-20(14-21)25(26,27)28/h7-14,18H,15-16H2,1-6H3,(H,29,33)/t18-/m0/s1. The third-order valence-electron chi connectivity index (χ3n) is 5.28. The molecule has 0 unspecified atom stereocenters. The van der Waals surface area contributed by atoms with Gasteiger partial charge in [-0.1, -0.05) is 35.9 Å². The Balaban J connectivity index is 2.45. The number of hydrogen-bond donors (Lipinski definition) is 1. The predicted molar refractivity (Wildman–Crippen MR) is 133 cm³/mol. The van der Waals surface area contributed by atoms with E-state index in [-0.39, 0.29) is 12.2 Å². The summed E-state index contributed by atoms with van der Waals surface area (Å²) in [5.74, 6) is -1.19. The van der Waals surface area contributed by atoms with Crippen LogP contribution >= 0.6 is 0 Å². The molecule has 1 N–H and O–H groups in total. The molecule has 1 atom stereocenters. The number of alkyl halides is 3. The zero-order valence-corrected chi connectivity index (χ0v) is 22.0. The summed E-state index contributed by atoms with van der Waals surface area (Å²) in [6.07, 6.45) is -3.89. The van der Waals surface area contributed by atoms with Crippen molar-refractivity contribution in [1.82, 2.24) is 10.2 Å². The summed E-state index contributed by atoms with van der Waals surface area (Å²) in [5, 5.41) is 2.80. The molecular weight excluding hydrogens is 495 g/mol. The summed E-state index contributed by atoms with van der Waals surface area (Å²) < 4.78 is 65.4. The van der Waals surface area contributed by atoms with Crippen molar-refractivity contribution in [1.29, 1.82) is 0 Å². The molecule has 0 aliphatic heterocycles. The summed E-state index contributed by atoms with van der Waals surface area (Å²) in [4.78, 5) is 27.6. The zero-order chi connectivity index (χ0) is 27.5. The van der Waals surface area contributed by atoms with Gasteiger partial charge in [0.25, 0.3) is 0 Å². The van der Waals surface area contributed by atoms with Gasteiger partial charge in [-0.2, -0.15) is 13.2 Å². The molecule has 7 nitrogen and oxygen atoms in total. The van der Waals surface area contributed by atoms with Crippen LogP contribution < -0.4 is 9.62 Å². The first-order valence-corrected chi connectivity index (χ1v) is 13.1. The lowest BCUT2D eigenvalue weighted by Gasteiger charge is -2.33. The number of sulfonamides is 1. The van der Waals surface area contributed by atoms with Gasteiger partial charge in [0.2, 0.25) is 21.8 Å². The van der Waals surface area contributed by atoms with Crippen molar-refractivity contribution >= 4 is 27.5 Å². The molecule has 2 aromatic rings. The van der Waals surface area contributed by atoms with Crippen LogP contribution in [0.5, 0.6) is 0 Å². The molecule has 0 saturated carbocycles. The highest BCUT2D eigenvalue weighted by Gasteiger charge is 2.34. The average molecular weight is 528 g/mol. The second-order valence-corrected chi connectivity index (χ2v) is 11.6. The van der Waals surface area contributed by atoms with E-state index < -0.39 is 51.7 Å². The average Bonchev–Trinajstić information content (AvgIpc) is 2.74. The third-order valence-corrected chi connectivity index (χ3v) is 6.42. The molecule has 0 aliphatic carbocycles. The molecule has 0 fully saturated rings. The van der Waals surface area contributed by atoms with Gasteiger partial charge in [0.1, 0.15) is 12.6 Å². The summed E-state index contributed by atoms with van der Waals surface area (Å²) in [7, 11) is -4.14. The molecule has 2 rings (SSSR count). The highest BCUT2D eigenvalue weighted by Crippen LogP contribution is 2.32. The molecule has 0 heterocycles. The van der Waals surface area contributed by atoms with Gasteiger partial charge in [0, 0.05) is 12.1 Å². The Hall–Kier alpha value is -3.08. The van der Waals surface area contributed by atoms with E-state index in [9.17, 15) is 31.2 Å². The van der Waals surface area contributed by atoms with Gasteiger partial charge in [-0.05, 0) is 58.4 Å². The van der Waals surface area contributed by atoms with Crippen LogP contribution in [0.15, 0.2) is 48.5 Å². The Labute approximate surface area is 210 Å². The molecule has 198 valence electrons. The maximum Gasteiger partial charge on any atom is 0.416 e. The van der Waals surface area contributed by atoms with Crippen molar-refractivity contribution < 1.29 is 31.2 Å². The number of carbonyl (C=O) groups is 2. The molecule has 0 aromatic heterocycles. The molecule has 2 amide bonds. The van der Waals surface area contributed by atoms with Gasteiger partial charge in [-0.3, -0.25) is 13.9 Å². The van der Waals surface area contributed by atoms with Crippen LogP contribution in [0.1, 0.15) is 44.4 Å². The number of anilines is 1. The van der Waals surface area contributed by atoms with Gasteiger partial charge in [-0.15, -0.1) is 0 Å². The fraction of sp³-hybridized carbons (Fsp3) is 0.440. The monoisotopic (exact) mass is 527 g/mol. The molecule has 36 heavy (non-hydrogen) atoms. The maximum absolute atomic E-state index is 13.5. The van der Waals surface area contributed by atoms with E-state index in [1.807, 2.05) is 19.1 Å². The van der Waals surface area contributed by atoms with Gasteiger partial charge in [-0.25, -0.2) is 8.42 Å². The lowest BCUT2D eigenvalue weighted by molar-refractivity contribution is -0.140. The Kier molecular flexibility index (Phi) is 8.82. The first-order chi connectivity index (χ1) is 16.4. The van der Waals surface area contributed by atoms with Crippen molar-refractivity contribution in [3.63, 3.8) is 0 Å². The van der Waals surface area contributed by atoms with E-state index in [1.165, 1.54) is 17.9 Å². The molecular formula is C25H32F3N3O4S. The van der Waals surface area contributed by atoms with Crippen LogP contribution in [0.3, 0.4) is 0 Å². The fourth-order valence-electron chi connectivity index (χ4n) is 3.40. The smallest absolute Gasteiger partial charge is 0.350 e. The number of rotatable bonds is 8. The first-order valence-electron chi connectivity index (χ1n) is 11.2. The number of carbonyl (C=O) groups excluding carboxylic acids is 2. The van der Waals surface area contributed by atoms with Crippen LogP contribution in [-0.4, -0.2) is 49.5 Å². The summed E-state index contributed by atoms with van der Waals surface area (Å²) in [6.45, 7) is 7.97. The molecule has 2 aromatic carbocycles. The second-order valence-electron chi connectivity index (χ2n) is 9.74. The molecule has 0 saturated heterocycles. The van der Waals surface area contributed by atoms with E-state index in [0.717, 1.165) is 24.0 Å². The highest BCUT2D eigenvalue weighted by atomic mass is 32.2. The minimum atomic E-state index is -4.69. The lowest BCUT2D eigenvalue weighted by Crippen LogP contribution is -2.54. The first kappa shape index (κ1) is 29.2. The van der Waals surface area contributed by atoms with E-state index in [2.05, 4.69) is 5.32 Å². The Bertz CT molecular complexity index is 1190. The van der Waals surface area contributed by atoms with E-state index in [0.29, 0.717) is 15.9 Å². The van der Waals surface area contributed by atoms with Crippen molar-refractivity contribution in [3.8, 4) is 0 Å². The fourth-order valence-corrected chi connectivity index (χ4v) is 4.24. The Morgan fingerprint density at radius 1 is 1.03 bits per heavy atom. The molecule has 0 radical (unpaired) electrons. The third kappa shape index (κ3) is 8.25. The minimum absolute atomic E-state index is 0.00195. The van der Waals surface area contributed by atoms with Crippen molar-refractivity contribution in [2.24, 2.45) is 0 Å². The van der Waals surface area contributed by atoms with Crippen LogP contribution in [0.4, 0.5) is 18.9 Å². The maximum atomic E-state index is 13.5. The number of nitrogens with one attached hydrogen (secondary N) is 1. The normalized spacial score (nSPS) is 13.1. The molecule has 0 bridgehead atoms. The Morgan fingerprint density at radius 2 is 1.61 bits per heavy atom. The second kappa shape index (κ2) is 10.9. The summed E-state index contributed by atoms with van der Waals surface area (Å²) >= 11 is 0. The number of aryl methyl sites for hydroxylation is 1. The van der Waals surface area contributed by atoms with E-state index >= 15 is 0 Å². The largest absolute Gasteiger partial charge is 0.416 e. The van der Waals surface area contributed by atoms with E-state index in [1.54, 1.807) is 32.9 Å². The lowest BCUT2D eigenvalue weighted by atomic mass is 10.1. The van der Waals surface area contributed by atoms with Crippen LogP contribution in [0.2, 0.25) is 0 Å². The van der Waals surface area contributed by atoms with Gasteiger partial charge in [0.15, 0.2) is 0 Å². The molecule has 0 aliphatic rings. The molecule has 11 heteroatoms. The SMILES string of the molecule is Cc1ccc(CN(C(=O)CN(c2cccc(C(F)(F)F)c2)S(C)(=O)=O)[C@@H](C)C(=O)NC(C)(C)C)cc1. The van der Waals surface area contributed by atoms with Crippen LogP contribution in [0, 0.1) is 6.92 Å².